The fourth-order valence-electron chi connectivity index (χ4n) is 0.671. The van der Waals surface area contributed by atoms with E-state index in [-0.39, 0.29) is 24.6 Å². The van der Waals surface area contributed by atoms with Crippen molar-refractivity contribution in [3.63, 3.8) is 0 Å². The van der Waals surface area contributed by atoms with E-state index in [9.17, 15) is 8.78 Å². The van der Waals surface area contributed by atoms with Crippen molar-refractivity contribution in [2.75, 3.05) is 6.61 Å². The zero-order chi connectivity index (χ0) is 8.27. The van der Waals surface area contributed by atoms with Gasteiger partial charge in [0.15, 0.2) is 0 Å². The minimum absolute atomic E-state index is 0. The molecule has 0 radical (unpaired) electrons. The van der Waals surface area contributed by atoms with E-state index < -0.39 is 11.6 Å². The van der Waals surface area contributed by atoms with Crippen molar-refractivity contribution in [3.8, 4) is 5.75 Å². The summed E-state index contributed by atoms with van der Waals surface area (Å²) in [6.07, 6.45) is 0. The Morgan fingerprint density at radius 2 is 2.08 bits per heavy atom. The zero-order valence-electron chi connectivity index (χ0n) is 7.03. The van der Waals surface area contributed by atoms with Gasteiger partial charge in [-0.2, -0.15) is 0 Å². The second-order valence-electron chi connectivity index (χ2n) is 1.92. The maximum atomic E-state index is 12.4. The number of hydrogen-bond acceptors (Lipinski definition) is 1. The van der Waals surface area contributed by atoms with Crippen LogP contribution in [0.15, 0.2) is 12.1 Å². The molecule has 0 N–H and O–H groups in total. The van der Waals surface area contributed by atoms with Crippen LogP contribution in [0.5, 0.6) is 5.75 Å². The number of rotatable bonds is 2. The predicted molar refractivity (Wildman–Crippen MR) is 36.4 cm³/mol. The molecular formula is C8H7F2LiO. The van der Waals surface area contributed by atoms with Crippen LogP contribution in [0.2, 0.25) is 0 Å². The average molecular weight is 164 g/mol. The molecule has 60 valence electrons. The molecule has 0 aromatic heterocycles. The molecule has 0 unspecified atom stereocenters. The Bertz CT molecular complexity index is 253. The Labute approximate surface area is 81.9 Å². The normalized spacial score (nSPS) is 8.92. The van der Waals surface area contributed by atoms with Gasteiger partial charge in [0.25, 0.3) is 0 Å². The summed E-state index contributed by atoms with van der Waals surface area (Å²) in [4.78, 5) is 0. The van der Waals surface area contributed by atoms with Crippen molar-refractivity contribution in [2.45, 2.75) is 6.92 Å². The monoisotopic (exact) mass is 164 g/mol. The van der Waals surface area contributed by atoms with Crippen LogP contribution in [-0.2, 0) is 0 Å². The summed E-state index contributed by atoms with van der Waals surface area (Å²) < 4.78 is 29.5. The Morgan fingerprint density at radius 3 is 2.58 bits per heavy atom. The summed E-state index contributed by atoms with van der Waals surface area (Å²) in [5, 5.41) is 0. The quantitative estimate of drug-likeness (QED) is 0.409. The standard InChI is InChI=1S/C8H7F2O.Li/c1-2-11-6-3-4-7(9)8(10)5-6;/h3-4H,2H2,1H3;/q-1;+1. The molecule has 0 aliphatic heterocycles. The fourth-order valence-corrected chi connectivity index (χ4v) is 0.671. The second kappa shape index (κ2) is 5.18. The molecule has 1 aromatic carbocycles. The Balaban J connectivity index is 0.00000121. The Morgan fingerprint density at radius 1 is 1.42 bits per heavy atom. The van der Waals surface area contributed by atoms with Crippen molar-refractivity contribution in [3.05, 3.63) is 29.8 Å². The first-order valence-electron chi connectivity index (χ1n) is 3.24. The van der Waals surface area contributed by atoms with E-state index in [0.29, 0.717) is 6.61 Å². The van der Waals surface area contributed by atoms with Crippen LogP contribution in [-0.4, -0.2) is 6.61 Å². The molecule has 0 fully saturated rings. The maximum Gasteiger partial charge on any atom is 1.00 e. The minimum Gasteiger partial charge on any atom is -0.520 e. The van der Waals surface area contributed by atoms with Crippen LogP contribution in [0, 0.1) is 17.7 Å². The van der Waals surface area contributed by atoms with E-state index in [2.05, 4.69) is 6.07 Å². The van der Waals surface area contributed by atoms with E-state index >= 15 is 0 Å². The number of halogens is 2. The molecule has 0 saturated carbocycles. The van der Waals surface area contributed by atoms with Crippen molar-refractivity contribution < 1.29 is 32.4 Å². The van der Waals surface area contributed by atoms with Crippen LogP contribution in [0.4, 0.5) is 8.78 Å². The third kappa shape index (κ3) is 2.84. The molecule has 0 amide bonds. The van der Waals surface area contributed by atoms with Gasteiger partial charge in [-0.1, -0.05) is 6.07 Å². The predicted octanol–water partition coefficient (Wildman–Crippen LogP) is -0.832. The molecule has 1 rings (SSSR count). The van der Waals surface area contributed by atoms with Gasteiger partial charge < -0.3 is 4.74 Å². The molecule has 0 bridgehead atoms. The summed E-state index contributed by atoms with van der Waals surface area (Å²) >= 11 is 0. The number of ether oxygens (including phenoxy) is 1. The van der Waals surface area contributed by atoms with Crippen molar-refractivity contribution in [1.82, 2.24) is 0 Å². The van der Waals surface area contributed by atoms with Gasteiger partial charge in [0.2, 0.25) is 0 Å². The van der Waals surface area contributed by atoms with Gasteiger partial charge in [-0.05, 0) is 6.92 Å². The first-order valence-corrected chi connectivity index (χ1v) is 3.24. The molecule has 0 aliphatic carbocycles. The third-order valence-corrected chi connectivity index (χ3v) is 1.12. The van der Waals surface area contributed by atoms with Crippen LogP contribution < -0.4 is 23.6 Å². The molecule has 1 nitrogen and oxygen atoms in total. The average Bonchev–Trinajstić information content (AvgIpc) is 1.98. The topological polar surface area (TPSA) is 9.23 Å². The van der Waals surface area contributed by atoms with Gasteiger partial charge in [0.05, 0.1) is 6.61 Å². The second-order valence-corrected chi connectivity index (χ2v) is 1.92. The molecule has 0 saturated heterocycles. The third-order valence-electron chi connectivity index (χ3n) is 1.12. The summed E-state index contributed by atoms with van der Waals surface area (Å²) in [7, 11) is 0. The largest absolute Gasteiger partial charge is 1.00 e. The SMILES string of the molecule is CCOc1[c-]c(F)c(F)cc1.[Li+]. The minimum atomic E-state index is -1.00. The van der Waals surface area contributed by atoms with Gasteiger partial charge in [-0.15, -0.1) is 12.1 Å². The first kappa shape index (κ1) is 11.5. The Kier molecular flexibility index (Phi) is 4.96. The van der Waals surface area contributed by atoms with Gasteiger partial charge in [0, 0.05) is 17.4 Å². The van der Waals surface area contributed by atoms with E-state index in [1.165, 1.54) is 6.07 Å². The van der Waals surface area contributed by atoms with Crippen molar-refractivity contribution in [2.24, 2.45) is 0 Å². The smallest absolute Gasteiger partial charge is 0.520 e. The van der Waals surface area contributed by atoms with Crippen molar-refractivity contribution >= 4 is 0 Å². The van der Waals surface area contributed by atoms with E-state index in [1.807, 2.05) is 0 Å². The summed E-state index contributed by atoms with van der Waals surface area (Å²) in [5.41, 5.74) is 0. The number of hydrogen-bond donors (Lipinski definition) is 0. The molecule has 4 heteroatoms. The maximum absolute atomic E-state index is 12.4. The summed E-state index contributed by atoms with van der Waals surface area (Å²) in [5.74, 6) is -1.68. The molecule has 0 spiro atoms. The van der Waals surface area contributed by atoms with Crippen LogP contribution in [0.1, 0.15) is 6.92 Å². The fraction of sp³-hybridized carbons (Fsp3) is 0.250. The molecular weight excluding hydrogens is 157 g/mol. The van der Waals surface area contributed by atoms with Gasteiger partial charge in [-0.25, -0.2) is 4.39 Å². The Hall–Kier alpha value is -0.523. The van der Waals surface area contributed by atoms with Gasteiger partial charge >= 0.3 is 18.9 Å². The van der Waals surface area contributed by atoms with E-state index in [4.69, 9.17) is 4.74 Å². The molecule has 0 aliphatic rings. The van der Waals surface area contributed by atoms with Crippen LogP contribution in [0.3, 0.4) is 0 Å². The molecule has 1 aromatic rings. The van der Waals surface area contributed by atoms with Crippen LogP contribution >= 0.6 is 0 Å². The van der Waals surface area contributed by atoms with E-state index in [0.717, 1.165) is 6.07 Å². The van der Waals surface area contributed by atoms with Crippen molar-refractivity contribution in [1.29, 1.82) is 0 Å². The van der Waals surface area contributed by atoms with Gasteiger partial charge in [0.1, 0.15) is 0 Å². The van der Waals surface area contributed by atoms with Crippen LogP contribution in [0.25, 0.3) is 0 Å². The van der Waals surface area contributed by atoms with E-state index in [1.54, 1.807) is 6.92 Å². The van der Waals surface area contributed by atoms with Gasteiger partial charge in [-0.3, -0.25) is 4.39 Å². The summed E-state index contributed by atoms with van der Waals surface area (Å²) in [6.45, 7) is 2.18. The summed E-state index contributed by atoms with van der Waals surface area (Å²) in [6, 6.07) is 4.46. The zero-order valence-corrected chi connectivity index (χ0v) is 7.03. The number of benzene rings is 1. The molecule has 12 heavy (non-hydrogen) atoms. The molecule has 0 atom stereocenters. The first-order chi connectivity index (χ1) is 5.24. The molecule has 0 heterocycles.